The monoisotopic (exact) mass is 325 g/mol. The highest BCUT2D eigenvalue weighted by atomic mass is 16.4. The van der Waals surface area contributed by atoms with Crippen LogP contribution in [0.4, 0.5) is 0 Å². The van der Waals surface area contributed by atoms with Gasteiger partial charge in [0.2, 0.25) is 11.8 Å². The Morgan fingerprint density at radius 1 is 1.17 bits per heavy atom. The third-order valence-corrected chi connectivity index (χ3v) is 4.90. The lowest BCUT2D eigenvalue weighted by Gasteiger charge is -2.22. The summed E-state index contributed by atoms with van der Waals surface area (Å²) in [6.07, 6.45) is 4.94. The summed E-state index contributed by atoms with van der Waals surface area (Å²) in [5.74, 6) is -1.33. The maximum absolute atomic E-state index is 12.3. The number of rotatable bonds is 6. The van der Waals surface area contributed by atoms with Gasteiger partial charge in [-0.15, -0.1) is 0 Å². The molecule has 2 N–H and O–H groups in total. The molecule has 0 aromatic rings. The number of carboxylic acid groups (broad SMARTS) is 1. The Hall–Kier alpha value is -1.63. The molecule has 2 amide bonds. The highest BCUT2D eigenvalue weighted by Gasteiger charge is 2.40. The van der Waals surface area contributed by atoms with Crippen molar-refractivity contribution in [3.8, 4) is 0 Å². The number of likely N-dealkylation sites (tertiary alicyclic amines) is 1. The van der Waals surface area contributed by atoms with Gasteiger partial charge < -0.3 is 20.2 Å². The minimum absolute atomic E-state index is 0.0485. The standard InChI is InChI=1S/C16H27N3O4/c1-18(2)12-9-13(16(22)23)19(10-12)15(21)8-7-14(20)17-11-5-3-4-6-11/h11-13H,3-10H2,1-2H3,(H,17,20)(H,22,23)/t12-,13+/m1/s1. The number of carbonyl (C=O) groups excluding carboxylic acids is 2. The molecule has 0 radical (unpaired) electrons. The van der Waals surface area contributed by atoms with Gasteiger partial charge in [-0.05, 0) is 33.4 Å². The molecule has 0 unspecified atom stereocenters. The van der Waals surface area contributed by atoms with Gasteiger partial charge in [-0.3, -0.25) is 9.59 Å². The van der Waals surface area contributed by atoms with E-state index in [4.69, 9.17) is 0 Å². The van der Waals surface area contributed by atoms with Crippen molar-refractivity contribution >= 4 is 17.8 Å². The molecule has 1 saturated heterocycles. The molecule has 2 rings (SSSR count). The molecule has 7 nitrogen and oxygen atoms in total. The summed E-state index contributed by atoms with van der Waals surface area (Å²) in [5, 5.41) is 12.3. The van der Waals surface area contributed by atoms with Crippen LogP contribution in [0.5, 0.6) is 0 Å². The van der Waals surface area contributed by atoms with E-state index in [-0.39, 0.29) is 36.7 Å². The number of hydrogen-bond donors (Lipinski definition) is 2. The lowest BCUT2D eigenvalue weighted by molar-refractivity contribution is -0.148. The number of likely N-dealkylation sites (N-methyl/N-ethyl adjacent to an activating group) is 1. The third-order valence-electron chi connectivity index (χ3n) is 4.90. The van der Waals surface area contributed by atoms with Crippen molar-refractivity contribution in [3.05, 3.63) is 0 Å². The summed E-state index contributed by atoms with van der Waals surface area (Å²) in [6, 6.07) is -0.491. The Balaban J connectivity index is 1.83. The van der Waals surface area contributed by atoms with E-state index in [1.807, 2.05) is 19.0 Å². The molecule has 1 saturated carbocycles. The Kier molecular flexibility index (Phi) is 5.98. The van der Waals surface area contributed by atoms with E-state index >= 15 is 0 Å². The second kappa shape index (κ2) is 7.77. The summed E-state index contributed by atoms with van der Waals surface area (Å²) in [6.45, 7) is 0.410. The van der Waals surface area contributed by atoms with Crippen LogP contribution in [0, 0.1) is 0 Å². The molecule has 2 fully saturated rings. The molecule has 23 heavy (non-hydrogen) atoms. The van der Waals surface area contributed by atoms with Gasteiger partial charge in [0, 0.05) is 31.5 Å². The van der Waals surface area contributed by atoms with Crippen molar-refractivity contribution in [3.63, 3.8) is 0 Å². The van der Waals surface area contributed by atoms with E-state index in [2.05, 4.69) is 5.32 Å². The van der Waals surface area contributed by atoms with Crippen molar-refractivity contribution in [1.29, 1.82) is 0 Å². The Bertz CT molecular complexity index is 460. The highest BCUT2D eigenvalue weighted by Crippen LogP contribution is 2.22. The molecule has 2 atom stereocenters. The van der Waals surface area contributed by atoms with Gasteiger partial charge in [0.15, 0.2) is 0 Å². The molecule has 2 aliphatic rings. The Morgan fingerprint density at radius 2 is 1.83 bits per heavy atom. The van der Waals surface area contributed by atoms with Gasteiger partial charge in [-0.2, -0.15) is 0 Å². The zero-order valence-electron chi connectivity index (χ0n) is 14.0. The van der Waals surface area contributed by atoms with Crippen molar-refractivity contribution < 1.29 is 19.5 Å². The molecule has 0 spiro atoms. The average Bonchev–Trinajstić information content (AvgIpc) is 3.13. The van der Waals surface area contributed by atoms with Gasteiger partial charge in [0.1, 0.15) is 6.04 Å². The molecule has 1 aliphatic carbocycles. The summed E-state index contributed by atoms with van der Waals surface area (Å²) in [4.78, 5) is 38.9. The summed E-state index contributed by atoms with van der Waals surface area (Å²) < 4.78 is 0. The minimum Gasteiger partial charge on any atom is -0.480 e. The van der Waals surface area contributed by atoms with E-state index in [0.717, 1.165) is 25.7 Å². The zero-order valence-corrected chi connectivity index (χ0v) is 14.0. The first-order valence-corrected chi connectivity index (χ1v) is 8.36. The van der Waals surface area contributed by atoms with Crippen LogP contribution in [0.1, 0.15) is 44.9 Å². The number of carbonyl (C=O) groups is 3. The highest BCUT2D eigenvalue weighted by molar-refractivity contribution is 5.87. The van der Waals surface area contributed by atoms with Crippen LogP contribution in [0.25, 0.3) is 0 Å². The Morgan fingerprint density at radius 3 is 2.39 bits per heavy atom. The van der Waals surface area contributed by atoms with Gasteiger partial charge in [0.05, 0.1) is 0 Å². The van der Waals surface area contributed by atoms with Crippen LogP contribution in [0.2, 0.25) is 0 Å². The molecule has 130 valence electrons. The first-order chi connectivity index (χ1) is 10.9. The second-order valence-electron chi connectivity index (χ2n) is 6.80. The predicted molar refractivity (Wildman–Crippen MR) is 84.9 cm³/mol. The van der Waals surface area contributed by atoms with Crippen molar-refractivity contribution in [1.82, 2.24) is 15.1 Å². The van der Waals surface area contributed by atoms with Gasteiger partial charge in [0.25, 0.3) is 0 Å². The van der Waals surface area contributed by atoms with Crippen molar-refractivity contribution in [2.45, 2.75) is 63.1 Å². The average molecular weight is 325 g/mol. The first-order valence-electron chi connectivity index (χ1n) is 8.36. The predicted octanol–water partition coefficient (Wildman–Crippen LogP) is 0.441. The fourth-order valence-electron chi connectivity index (χ4n) is 3.43. The lowest BCUT2D eigenvalue weighted by Crippen LogP contribution is -2.41. The summed E-state index contributed by atoms with van der Waals surface area (Å²) in [5.41, 5.74) is 0. The van der Waals surface area contributed by atoms with Crippen LogP contribution in [0.15, 0.2) is 0 Å². The molecule has 0 aromatic carbocycles. The number of aliphatic carboxylic acids is 1. The Labute approximate surface area is 137 Å². The molecule has 0 bridgehead atoms. The van der Waals surface area contributed by atoms with Crippen LogP contribution in [-0.4, -0.2) is 71.5 Å². The SMILES string of the molecule is CN(C)[C@@H]1C[C@@H](C(=O)O)N(C(=O)CCC(=O)NC2CCCC2)C1. The summed E-state index contributed by atoms with van der Waals surface area (Å²) in [7, 11) is 3.76. The molecule has 7 heteroatoms. The second-order valence-corrected chi connectivity index (χ2v) is 6.80. The molecular formula is C16H27N3O4. The quantitative estimate of drug-likeness (QED) is 0.740. The van der Waals surface area contributed by atoms with E-state index in [1.54, 1.807) is 0 Å². The topological polar surface area (TPSA) is 90.0 Å². The van der Waals surface area contributed by atoms with Gasteiger partial charge >= 0.3 is 5.97 Å². The van der Waals surface area contributed by atoms with Crippen molar-refractivity contribution in [2.75, 3.05) is 20.6 Å². The maximum Gasteiger partial charge on any atom is 0.326 e. The first kappa shape index (κ1) is 17.7. The van der Waals surface area contributed by atoms with E-state index in [1.165, 1.54) is 4.90 Å². The number of nitrogens with zero attached hydrogens (tertiary/aromatic N) is 2. The summed E-state index contributed by atoms with van der Waals surface area (Å²) >= 11 is 0. The van der Waals surface area contributed by atoms with Gasteiger partial charge in [-0.25, -0.2) is 4.79 Å². The zero-order chi connectivity index (χ0) is 17.0. The maximum atomic E-state index is 12.3. The number of carboxylic acids is 1. The fourth-order valence-corrected chi connectivity index (χ4v) is 3.43. The van der Waals surface area contributed by atoms with Crippen molar-refractivity contribution in [2.24, 2.45) is 0 Å². The number of amides is 2. The van der Waals surface area contributed by atoms with E-state index in [9.17, 15) is 19.5 Å². The van der Waals surface area contributed by atoms with E-state index < -0.39 is 12.0 Å². The fraction of sp³-hybridized carbons (Fsp3) is 0.812. The van der Waals surface area contributed by atoms with Crippen LogP contribution in [-0.2, 0) is 14.4 Å². The number of hydrogen-bond acceptors (Lipinski definition) is 4. The van der Waals surface area contributed by atoms with Gasteiger partial charge in [-0.1, -0.05) is 12.8 Å². The molecule has 0 aromatic heterocycles. The van der Waals surface area contributed by atoms with E-state index in [0.29, 0.717) is 13.0 Å². The molecule has 1 aliphatic heterocycles. The van der Waals surface area contributed by atoms with Crippen LogP contribution < -0.4 is 5.32 Å². The number of nitrogens with one attached hydrogen (secondary N) is 1. The normalized spacial score (nSPS) is 25.1. The third kappa shape index (κ3) is 4.67. The van der Waals surface area contributed by atoms with Crippen LogP contribution in [0.3, 0.4) is 0 Å². The molecular weight excluding hydrogens is 298 g/mol. The smallest absolute Gasteiger partial charge is 0.326 e. The van der Waals surface area contributed by atoms with Crippen LogP contribution >= 0.6 is 0 Å². The largest absolute Gasteiger partial charge is 0.480 e. The minimum atomic E-state index is -0.974. The molecule has 1 heterocycles. The lowest BCUT2D eigenvalue weighted by atomic mass is 10.1.